The van der Waals surface area contributed by atoms with E-state index in [9.17, 15) is 4.79 Å². The average molecular weight is 280 g/mol. The van der Waals surface area contributed by atoms with E-state index in [4.69, 9.17) is 4.74 Å². The largest absolute Gasteiger partial charge is 0.459 e. The number of hydrogen-bond acceptors (Lipinski definition) is 2. The molecule has 1 unspecified atom stereocenters. The Hall–Kier alpha value is -1.05. The topological polar surface area (TPSA) is 26.3 Å². The molecule has 0 spiro atoms. The summed E-state index contributed by atoms with van der Waals surface area (Å²) in [7, 11) is 0. The van der Waals surface area contributed by atoms with E-state index in [0.29, 0.717) is 5.57 Å². The third-order valence-electron chi connectivity index (χ3n) is 3.33. The van der Waals surface area contributed by atoms with Gasteiger partial charge in [-0.15, -0.1) is 6.58 Å². The van der Waals surface area contributed by atoms with Crippen molar-refractivity contribution in [2.45, 2.75) is 84.7 Å². The first-order chi connectivity index (χ1) is 9.47. The van der Waals surface area contributed by atoms with E-state index >= 15 is 0 Å². The van der Waals surface area contributed by atoms with Crippen molar-refractivity contribution in [3.63, 3.8) is 0 Å². The zero-order valence-corrected chi connectivity index (χ0v) is 13.7. The molecule has 0 radical (unpaired) electrons. The van der Waals surface area contributed by atoms with Crippen LogP contribution in [0.3, 0.4) is 0 Å². The van der Waals surface area contributed by atoms with Crippen LogP contribution in [0.1, 0.15) is 78.6 Å². The van der Waals surface area contributed by atoms with Crippen molar-refractivity contribution in [2.24, 2.45) is 0 Å². The lowest BCUT2D eigenvalue weighted by Crippen LogP contribution is -2.19. The molecule has 20 heavy (non-hydrogen) atoms. The minimum Gasteiger partial charge on any atom is -0.459 e. The van der Waals surface area contributed by atoms with E-state index in [1.807, 2.05) is 6.92 Å². The van der Waals surface area contributed by atoms with Crippen LogP contribution < -0.4 is 0 Å². The van der Waals surface area contributed by atoms with Crippen molar-refractivity contribution < 1.29 is 9.53 Å². The maximum atomic E-state index is 11.6. The molecule has 2 nitrogen and oxygen atoms in total. The fourth-order valence-corrected chi connectivity index (χ4v) is 2.17. The first-order valence-corrected chi connectivity index (χ1v) is 7.98. The van der Waals surface area contributed by atoms with Gasteiger partial charge in [-0.25, -0.2) is 4.79 Å². The van der Waals surface area contributed by atoms with Gasteiger partial charge in [0, 0.05) is 12.0 Å². The summed E-state index contributed by atoms with van der Waals surface area (Å²) in [6.45, 7) is 13.4. The number of carbonyl (C=O) groups excluding carboxylic acids is 1. The minimum atomic E-state index is -0.279. The van der Waals surface area contributed by atoms with Crippen molar-refractivity contribution in [3.05, 3.63) is 24.3 Å². The van der Waals surface area contributed by atoms with Crippen LogP contribution in [-0.2, 0) is 9.53 Å². The van der Waals surface area contributed by atoms with Crippen molar-refractivity contribution in [3.8, 4) is 0 Å². The molecule has 0 saturated carbocycles. The summed E-state index contributed by atoms with van der Waals surface area (Å²) in [6, 6.07) is 0. The van der Waals surface area contributed by atoms with E-state index in [1.54, 1.807) is 6.92 Å². The normalized spacial score (nSPS) is 11.9. The second-order valence-electron chi connectivity index (χ2n) is 5.88. The second kappa shape index (κ2) is 11.7. The first kappa shape index (κ1) is 18.9. The van der Waals surface area contributed by atoms with Gasteiger partial charge in [-0.05, 0) is 26.7 Å². The van der Waals surface area contributed by atoms with E-state index in [0.717, 1.165) is 24.8 Å². The van der Waals surface area contributed by atoms with Crippen molar-refractivity contribution in [2.75, 3.05) is 0 Å². The van der Waals surface area contributed by atoms with Gasteiger partial charge in [0.2, 0.25) is 0 Å². The molecule has 0 aromatic rings. The lowest BCUT2D eigenvalue weighted by molar-refractivity contribution is -0.144. The van der Waals surface area contributed by atoms with Crippen LogP contribution in [-0.4, -0.2) is 12.1 Å². The molecule has 0 bridgehead atoms. The summed E-state index contributed by atoms with van der Waals surface area (Å²) >= 11 is 0. The number of hydrogen-bond donors (Lipinski definition) is 0. The fraction of sp³-hybridized carbons (Fsp3) is 0.722. The maximum absolute atomic E-state index is 11.6. The SMILES string of the molecule is C=C(C)CC(CCCCCCCCC)OC(=O)C(=C)C. The Labute approximate surface area is 125 Å². The van der Waals surface area contributed by atoms with Gasteiger partial charge >= 0.3 is 5.97 Å². The van der Waals surface area contributed by atoms with E-state index in [1.165, 1.54) is 38.5 Å². The second-order valence-corrected chi connectivity index (χ2v) is 5.88. The Kier molecular flexibility index (Phi) is 11.1. The van der Waals surface area contributed by atoms with Crippen LogP contribution in [0.4, 0.5) is 0 Å². The molecule has 0 aromatic carbocycles. The van der Waals surface area contributed by atoms with Crippen LogP contribution in [0, 0.1) is 0 Å². The lowest BCUT2D eigenvalue weighted by atomic mass is 10.0. The van der Waals surface area contributed by atoms with Crippen molar-refractivity contribution in [1.29, 1.82) is 0 Å². The molecule has 1 atom stereocenters. The highest BCUT2D eigenvalue weighted by Gasteiger charge is 2.14. The van der Waals surface area contributed by atoms with E-state index in [2.05, 4.69) is 20.1 Å². The van der Waals surface area contributed by atoms with Crippen molar-refractivity contribution in [1.82, 2.24) is 0 Å². The van der Waals surface area contributed by atoms with Crippen LogP contribution in [0.2, 0.25) is 0 Å². The summed E-state index contributed by atoms with van der Waals surface area (Å²) in [4.78, 5) is 11.6. The molecule has 2 heteroatoms. The predicted molar refractivity (Wildman–Crippen MR) is 86.7 cm³/mol. The fourth-order valence-electron chi connectivity index (χ4n) is 2.17. The predicted octanol–water partition coefficient (Wildman–Crippen LogP) is 5.58. The van der Waals surface area contributed by atoms with Crippen molar-refractivity contribution >= 4 is 5.97 Å². The van der Waals surface area contributed by atoms with Crippen LogP contribution >= 0.6 is 0 Å². The van der Waals surface area contributed by atoms with Gasteiger partial charge in [-0.3, -0.25) is 0 Å². The number of rotatable bonds is 12. The molecule has 0 rings (SSSR count). The average Bonchev–Trinajstić information content (AvgIpc) is 2.36. The van der Waals surface area contributed by atoms with Gasteiger partial charge in [0.15, 0.2) is 0 Å². The summed E-state index contributed by atoms with van der Waals surface area (Å²) in [5.41, 5.74) is 1.53. The quantitative estimate of drug-likeness (QED) is 0.202. The van der Waals surface area contributed by atoms with Gasteiger partial charge in [0.1, 0.15) is 6.10 Å². The van der Waals surface area contributed by atoms with Gasteiger partial charge in [-0.2, -0.15) is 0 Å². The van der Waals surface area contributed by atoms with Crippen LogP contribution in [0.25, 0.3) is 0 Å². The Morgan fingerprint density at radius 1 is 1.00 bits per heavy atom. The number of unbranched alkanes of at least 4 members (excludes halogenated alkanes) is 6. The van der Waals surface area contributed by atoms with Crippen LogP contribution in [0.15, 0.2) is 24.3 Å². The summed E-state index contributed by atoms with van der Waals surface area (Å²) in [6.07, 6.45) is 10.6. The Morgan fingerprint density at radius 2 is 1.55 bits per heavy atom. The molecule has 0 saturated heterocycles. The first-order valence-electron chi connectivity index (χ1n) is 7.98. The molecular weight excluding hydrogens is 248 g/mol. The van der Waals surface area contributed by atoms with Crippen LogP contribution in [0.5, 0.6) is 0 Å². The smallest absolute Gasteiger partial charge is 0.333 e. The Bertz CT molecular complexity index is 305. The van der Waals surface area contributed by atoms with Gasteiger partial charge in [0.05, 0.1) is 0 Å². The zero-order valence-electron chi connectivity index (χ0n) is 13.7. The number of ether oxygens (including phenoxy) is 1. The molecule has 0 aliphatic heterocycles. The molecule has 0 aliphatic carbocycles. The molecule has 0 fully saturated rings. The molecule has 0 aliphatic rings. The molecule has 116 valence electrons. The highest BCUT2D eigenvalue weighted by molar-refractivity contribution is 5.87. The number of esters is 1. The summed E-state index contributed by atoms with van der Waals surface area (Å²) in [5.74, 6) is -0.279. The Morgan fingerprint density at radius 3 is 2.05 bits per heavy atom. The monoisotopic (exact) mass is 280 g/mol. The van der Waals surface area contributed by atoms with Gasteiger partial charge in [0.25, 0.3) is 0 Å². The Balaban J connectivity index is 3.89. The minimum absolute atomic E-state index is 0.0349. The zero-order chi connectivity index (χ0) is 15.4. The van der Waals surface area contributed by atoms with Gasteiger partial charge in [-0.1, -0.05) is 57.6 Å². The summed E-state index contributed by atoms with van der Waals surface area (Å²) < 4.78 is 5.47. The highest BCUT2D eigenvalue weighted by Crippen LogP contribution is 2.17. The van der Waals surface area contributed by atoms with E-state index in [-0.39, 0.29) is 12.1 Å². The van der Waals surface area contributed by atoms with Gasteiger partial charge < -0.3 is 4.74 Å². The highest BCUT2D eigenvalue weighted by atomic mass is 16.5. The standard InChI is InChI=1S/C18H32O2/c1-6-7-8-9-10-11-12-13-17(14-15(2)3)20-18(19)16(4)5/h17H,2,4,6-14H2,1,3,5H3. The molecule has 0 aromatic heterocycles. The molecule has 0 N–H and O–H groups in total. The van der Waals surface area contributed by atoms with E-state index < -0.39 is 0 Å². The molecule has 0 amide bonds. The molecular formula is C18H32O2. The number of carbonyl (C=O) groups is 1. The third kappa shape index (κ3) is 10.8. The maximum Gasteiger partial charge on any atom is 0.333 e. The third-order valence-corrected chi connectivity index (χ3v) is 3.33. The lowest BCUT2D eigenvalue weighted by Gasteiger charge is -2.18. The molecule has 0 heterocycles. The summed E-state index contributed by atoms with van der Waals surface area (Å²) in [5, 5.41) is 0.